The first-order valence-electron chi connectivity index (χ1n) is 4.56. The Bertz CT molecular complexity index is 159. The molecule has 1 atom stereocenters. The second-order valence-electron chi connectivity index (χ2n) is 3.74. The summed E-state index contributed by atoms with van der Waals surface area (Å²) in [7, 11) is 0. The van der Waals surface area contributed by atoms with Gasteiger partial charge in [0, 0.05) is 19.6 Å². The van der Waals surface area contributed by atoms with Crippen molar-refractivity contribution in [3.05, 3.63) is 0 Å². The lowest BCUT2D eigenvalue weighted by atomic mass is 9.85. The zero-order valence-electron chi connectivity index (χ0n) is 8.22. The summed E-state index contributed by atoms with van der Waals surface area (Å²) >= 11 is 0. The molecule has 0 aromatic carbocycles. The van der Waals surface area contributed by atoms with Crippen LogP contribution in [0.25, 0.3) is 0 Å². The fraction of sp³-hybridized carbons (Fsp3) is 1.00. The molecule has 3 heteroatoms. The van der Waals surface area contributed by atoms with Crippen LogP contribution >= 0.6 is 0 Å². The molecule has 1 aliphatic rings. The van der Waals surface area contributed by atoms with Gasteiger partial charge in [0.15, 0.2) is 0 Å². The number of hydrogen-bond donors (Lipinski definition) is 1. The second kappa shape index (κ2) is 3.32. The smallest absolute Gasteiger partial charge is 0.111 e. The maximum atomic E-state index is 5.73. The Morgan fingerprint density at radius 3 is 2.50 bits per heavy atom. The van der Waals surface area contributed by atoms with Gasteiger partial charge in [-0.15, -0.1) is 0 Å². The second-order valence-corrected chi connectivity index (χ2v) is 3.74. The maximum Gasteiger partial charge on any atom is 0.111 e. The summed E-state index contributed by atoms with van der Waals surface area (Å²) in [4.78, 5) is 0. The van der Waals surface area contributed by atoms with Crippen LogP contribution in [0.4, 0.5) is 0 Å². The van der Waals surface area contributed by atoms with Crippen LogP contribution < -0.4 is 5.73 Å². The quantitative estimate of drug-likeness (QED) is 0.690. The lowest BCUT2D eigenvalue weighted by Crippen LogP contribution is -2.53. The Morgan fingerprint density at radius 2 is 2.17 bits per heavy atom. The maximum absolute atomic E-state index is 5.73. The first kappa shape index (κ1) is 9.96. The van der Waals surface area contributed by atoms with Crippen LogP contribution in [-0.2, 0) is 9.47 Å². The predicted octanol–water partition coefficient (Wildman–Crippen LogP) is 0.919. The average Bonchev–Trinajstić information content (AvgIpc) is 2.29. The van der Waals surface area contributed by atoms with Crippen molar-refractivity contribution < 1.29 is 9.47 Å². The normalized spacial score (nSPS) is 34.0. The van der Waals surface area contributed by atoms with Gasteiger partial charge in [-0.1, -0.05) is 0 Å². The topological polar surface area (TPSA) is 44.5 Å². The minimum Gasteiger partial charge on any atom is -0.372 e. The fourth-order valence-corrected chi connectivity index (χ4v) is 1.83. The van der Waals surface area contributed by atoms with Crippen molar-refractivity contribution in [1.82, 2.24) is 0 Å². The van der Waals surface area contributed by atoms with Gasteiger partial charge in [0.1, 0.15) is 5.60 Å². The summed E-state index contributed by atoms with van der Waals surface area (Å²) in [5, 5.41) is 0. The molecule has 1 heterocycles. The highest BCUT2D eigenvalue weighted by molar-refractivity contribution is 5.01. The Morgan fingerprint density at radius 1 is 1.50 bits per heavy atom. The highest BCUT2D eigenvalue weighted by Gasteiger charge is 2.50. The SMILES string of the molecule is CCOC1(CN)CCOC1(C)C. The van der Waals surface area contributed by atoms with Crippen LogP contribution in [0, 0.1) is 0 Å². The zero-order valence-corrected chi connectivity index (χ0v) is 8.22. The van der Waals surface area contributed by atoms with Crippen LogP contribution in [0.5, 0.6) is 0 Å². The van der Waals surface area contributed by atoms with Crippen molar-refractivity contribution in [2.75, 3.05) is 19.8 Å². The highest BCUT2D eigenvalue weighted by Crippen LogP contribution is 2.37. The number of rotatable bonds is 3. The molecule has 0 aliphatic carbocycles. The molecular weight excluding hydrogens is 154 g/mol. The van der Waals surface area contributed by atoms with E-state index in [0.717, 1.165) is 13.0 Å². The third-order valence-corrected chi connectivity index (χ3v) is 2.82. The first-order chi connectivity index (χ1) is 5.58. The standard InChI is InChI=1S/C9H19NO2/c1-4-11-9(7-10)5-6-12-8(9,2)3/h4-7,10H2,1-3H3. The van der Waals surface area contributed by atoms with Crippen LogP contribution in [-0.4, -0.2) is 31.0 Å². The van der Waals surface area contributed by atoms with E-state index in [1.165, 1.54) is 0 Å². The number of hydrogen-bond acceptors (Lipinski definition) is 3. The highest BCUT2D eigenvalue weighted by atomic mass is 16.6. The molecule has 2 N–H and O–H groups in total. The van der Waals surface area contributed by atoms with Crippen molar-refractivity contribution >= 4 is 0 Å². The number of ether oxygens (including phenoxy) is 2. The molecule has 1 rings (SSSR count). The molecule has 0 amide bonds. The van der Waals surface area contributed by atoms with E-state index < -0.39 is 0 Å². The third kappa shape index (κ3) is 1.37. The lowest BCUT2D eigenvalue weighted by molar-refractivity contribution is -0.128. The van der Waals surface area contributed by atoms with Gasteiger partial charge in [-0.2, -0.15) is 0 Å². The van der Waals surface area contributed by atoms with Gasteiger partial charge in [-0.05, 0) is 20.8 Å². The monoisotopic (exact) mass is 173 g/mol. The van der Waals surface area contributed by atoms with E-state index in [2.05, 4.69) is 0 Å². The molecule has 72 valence electrons. The molecule has 1 unspecified atom stereocenters. The van der Waals surface area contributed by atoms with Gasteiger partial charge in [0.2, 0.25) is 0 Å². The molecular formula is C9H19NO2. The third-order valence-electron chi connectivity index (χ3n) is 2.82. The largest absolute Gasteiger partial charge is 0.372 e. The minimum atomic E-state index is -0.262. The Labute approximate surface area is 74.2 Å². The molecule has 0 aromatic rings. The average molecular weight is 173 g/mol. The van der Waals surface area contributed by atoms with Gasteiger partial charge in [0.25, 0.3) is 0 Å². The van der Waals surface area contributed by atoms with Crippen LogP contribution in [0.3, 0.4) is 0 Å². The van der Waals surface area contributed by atoms with Gasteiger partial charge < -0.3 is 15.2 Å². The van der Waals surface area contributed by atoms with Crippen LogP contribution in [0.15, 0.2) is 0 Å². The van der Waals surface area contributed by atoms with E-state index in [1.54, 1.807) is 0 Å². The van der Waals surface area contributed by atoms with E-state index in [1.807, 2.05) is 20.8 Å². The molecule has 1 fully saturated rings. The van der Waals surface area contributed by atoms with Crippen LogP contribution in [0.2, 0.25) is 0 Å². The van der Waals surface area contributed by atoms with Crippen molar-refractivity contribution in [3.8, 4) is 0 Å². The van der Waals surface area contributed by atoms with Crippen molar-refractivity contribution in [1.29, 1.82) is 0 Å². The van der Waals surface area contributed by atoms with Gasteiger partial charge in [-0.25, -0.2) is 0 Å². The summed E-state index contributed by atoms with van der Waals surface area (Å²) in [6.45, 7) is 8.07. The van der Waals surface area contributed by atoms with E-state index in [4.69, 9.17) is 15.2 Å². The van der Waals surface area contributed by atoms with Gasteiger partial charge >= 0.3 is 0 Å². The molecule has 1 saturated heterocycles. The van der Waals surface area contributed by atoms with E-state index in [0.29, 0.717) is 13.2 Å². The van der Waals surface area contributed by atoms with Gasteiger partial charge in [0.05, 0.1) is 12.2 Å². The molecule has 0 aromatic heterocycles. The van der Waals surface area contributed by atoms with E-state index in [9.17, 15) is 0 Å². The first-order valence-corrected chi connectivity index (χ1v) is 4.56. The predicted molar refractivity (Wildman–Crippen MR) is 48.1 cm³/mol. The lowest BCUT2D eigenvalue weighted by Gasteiger charge is -2.38. The molecule has 0 spiro atoms. The molecule has 0 saturated carbocycles. The molecule has 0 bridgehead atoms. The van der Waals surface area contributed by atoms with Crippen LogP contribution in [0.1, 0.15) is 27.2 Å². The van der Waals surface area contributed by atoms with E-state index in [-0.39, 0.29) is 11.2 Å². The molecule has 12 heavy (non-hydrogen) atoms. The van der Waals surface area contributed by atoms with Crippen molar-refractivity contribution in [2.24, 2.45) is 5.73 Å². The zero-order chi connectivity index (χ0) is 9.24. The molecule has 0 radical (unpaired) electrons. The molecule has 3 nitrogen and oxygen atoms in total. The van der Waals surface area contributed by atoms with Crippen molar-refractivity contribution in [2.45, 2.75) is 38.4 Å². The molecule has 1 aliphatic heterocycles. The minimum absolute atomic E-state index is 0.238. The Hall–Kier alpha value is -0.120. The van der Waals surface area contributed by atoms with E-state index >= 15 is 0 Å². The summed E-state index contributed by atoms with van der Waals surface area (Å²) < 4.78 is 11.3. The summed E-state index contributed by atoms with van der Waals surface area (Å²) in [5.74, 6) is 0. The number of nitrogens with two attached hydrogens (primary N) is 1. The fourth-order valence-electron chi connectivity index (χ4n) is 1.83. The Balaban J connectivity index is 2.76. The van der Waals surface area contributed by atoms with Gasteiger partial charge in [-0.3, -0.25) is 0 Å². The van der Waals surface area contributed by atoms with Crippen molar-refractivity contribution in [3.63, 3.8) is 0 Å². The Kier molecular flexibility index (Phi) is 2.76. The summed E-state index contributed by atoms with van der Waals surface area (Å²) in [6.07, 6.45) is 0.907. The summed E-state index contributed by atoms with van der Waals surface area (Å²) in [5.41, 5.74) is 5.22. The summed E-state index contributed by atoms with van der Waals surface area (Å²) in [6, 6.07) is 0.